The summed E-state index contributed by atoms with van der Waals surface area (Å²) in [6.07, 6.45) is 6.23. The molecule has 6 heteroatoms. The van der Waals surface area contributed by atoms with Gasteiger partial charge in [-0.2, -0.15) is 0 Å². The zero-order valence-corrected chi connectivity index (χ0v) is 15.6. The molecule has 1 unspecified atom stereocenters. The number of ether oxygens (including phenoxy) is 1. The van der Waals surface area contributed by atoms with E-state index in [9.17, 15) is 14.4 Å². The number of hydrogen-bond donors (Lipinski definition) is 2. The van der Waals surface area contributed by atoms with Gasteiger partial charge in [-0.25, -0.2) is 0 Å². The van der Waals surface area contributed by atoms with Gasteiger partial charge in [0.25, 0.3) is 5.91 Å². The number of anilines is 1. The molecule has 0 aromatic heterocycles. The smallest absolute Gasteiger partial charge is 0.309 e. The van der Waals surface area contributed by atoms with E-state index in [0.717, 1.165) is 35.2 Å². The van der Waals surface area contributed by atoms with Gasteiger partial charge in [-0.05, 0) is 51.2 Å². The molecule has 0 aliphatic heterocycles. The number of benzene rings is 1. The minimum absolute atomic E-state index is 0.171. The Bertz CT molecular complexity index is 702. The van der Waals surface area contributed by atoms with Crippen LogP contribution < -0.4 is 10.6 Å². The van der Waals surface area contributed by atoms with Crippen LogP contribution >= 0.6 is 0 Å². The minimum Gasteiger partial charge on any atom is -0.455 e. The molecule has 0 fully saturated rings. The van der Waals surface area contributed by atoms with E-state index in [1.54, 1.807) is 0 Å². The molecule has 0 bridgehead atoms. The zero-order chi connectivity index (χ0) is 19.1. The van der Waals surface area contributed by atoms with E-state index in [1.165, 1.54) is 0 Å². The van der Waals surface area contributed by atoms with Crippen molar-refractivity contribution in [1.82, 2.24) is 5.32 Å². The molecule has 2 amide bonds. The predicted molar refractivity (Wildman–Crippen MR) is 99.7 cm³/mol. The summed E-state index contributed by atoms with van der Waals surface area (Å²) in [5, 5.41) is 5.28. The predicted octanol–water partition coefficient (Wildman–Crippen LogP) is 2.57. The maximum atomic E-state index is 12.1. The van der Waals surface area contributed by atoms with E-state index in [2.05, 4.69) is 10.6 Å². The number of nitrogens with one attached hydrogen (secondary N) is 2. The Balaban J connectivity index is 1.74. The minimum atomic E-state index is -0.489. The summed E-state index contributed by atoms with van der Waals surface area (Å²) >= 11 is 0. The number of carbonyl (C=O) groups is 3. The van der Waals surface area contributed by atoms with E-state index in [0.29, 0.717) is 6.42 Å². The molecular formula is C20H26N2O4. The molecule has 0 spiro atoms. The molecule has 1 aliphatic carbocycles. The fraction of sp³-hybridized carbons (Fsp3) is 0.450. The van der Waals surface area contributed by atoms with Crippen molar-refractivity contribution >= 4 is 23.5 Å². The highest BCUT2D eigenvalue weighted by Crippen LogP contribution is 2.21. The van der Waals surface area contributed by atoms with Gasteiger partial charge >= 0.3 is 5.97 Å². The molecule has 6 nitrogen and oxygen atoms in total. The molecule has 1 aliphatic rings. The van der Waals surface area contributed by atoms with Crippen LogP contribution in [0.5, 0.6) is 0 Å². The Hall–Kier alpha value is -2.63. The third-order valence-electron chi connectivity index (χ3n) is 4.34. The Labute approximate surface area is 154 Å². The van der Waals surface area contributed by atoms with Crippen LogP contribution in [0.15, 0.2) is 24.3 Å². The Morgan fingerprint density at radius 2 is 1.77 bits per heavy atom. The lowest BCUT2D eigenvalue weighted by molar-refractivity contribution is -0.152. The molecule has 140 valence electrons. The SMILES string of the molecule is Cc1cc(C)c(NC(=O)CNC(=O)COC(=O)C2CC=CCC2)c(C)c1. The average Bonchev–Trinajstić information content (AvgIpc) is 2.61. The van der Waals surface area contributed by atoms with Crippen molar-refractivity contribution in [3.63, 3.8) is 0 Å². The second-order valence-electron chi connectivity index (χ2n) is 6.69. The molecule has 0 heterocycles. The van der Waals surface area contributed by atoms with Crippen LogP contribution in [0, 0.1) is 26.7 Å². The number of hydrogen-bond acceptors (Lipinski definition) is 4. The molecule has 2 rings (SSSR count). The first-order valence-corrected chi connectivity index (χ1v) is 8.83. The fourth-order valence-corrected chi connectivity index (χ4v) is 3.05. The van der Waals surface area contributed by atoms with E-state index >= 15 is 0 Å². The third kappa shape index (κ3) is 5.72. The van der Waals surface area contributed by atoms with Gasteiger partial charge in [-0.1, -0.05) is 29.8 Å². The summed E-state index contributed by atoms with van der Waals surface area (Å²) in [6.45, 7) is 5.31. The van der Waals surface area contributed by atoms with Gasteiger partial charge in [0.05, 0.1) is 12.5 Å². The van der Waals surface area contributed by atoms with Gasteiger partial charge < -0.3 is 15.4 Å². The van der Waals surface area contributed by atoms with Crippen LogP contribution in [0.1, 0.15) is 36.0 Å². The van der Waals surface area contributed by atoms with E-state index < -0.39 is 5.91 Å². The summed E-state index contributed by atoms with van der Waals surface area (Å²) < 4.78 is 5.03. The second-order valence-corrected chi connectivity index (χ2v) is 6.69. The van der Waals surface area contributed by atoms with Crippen LogP contribution in [0.2, 0.25) is 0 Å². The van der Waals surface area contributed by atoms with Crippen molar-refractivity contribution in [2.24, 2.45) is 5.92 Å². The number of esters is 1. The molecule has 26 heavy (non-hydrogen) atoms. The molecule has 0 saturated heterocycles. The van der Waals surface area contributed by atoms with E-state index in [-0.39, 0.29) is 30.9 Å². The van der Waals surface area contributed by atoms with Crippen LogP contribution in [0.4, 0.5) is 5.69 Å². The van der Waals surface area contributed by atoms with Crippen molar-refractivity contribution in [2.45, 2.75) is 40.0 Å². The molecule has 0 radical (unpaired) electrons. The number of allylic oxidation sites excluding steroid dienone is 2. The maximum Gasteiger partial charge on any atom is 0.309 e. The van der Waals surface area contributed by atoms with Crippen LogP contribution in [-0.2, 0) is 19.1 Å². The van der Waals surface area contributed by atoms with Gasteiger partial charge in [-0.15, -0.1) is 0 Å². The standard InChI is InChI=1S/C20H26N2O4/c1-13-9-14(2)19(15(3)10-13)22-17(23)11-21-18(24)12-26-20(25)16-7-5-4-6-8-16/h4-5,9-10,16H,6-8,11-12H2,1-3H3,(H,21,24)(H,22,23). The first kappa shape index (κ1) is 19.7. The quantitative estimate of drug-likeness (QED) is 0.605. The molecule has 2 N–H and O–H groups in total. The Morgan fingerprint density at radius 1 is 1.08 bits per heavy atom. The summed E-state index contributed by atoms with van der Waals surface area (Å²) in [5.41, 5.74) is 3.82. The molecule has 1 aromatic rings. The van der Waals surface area contributed by atoms with Crippen molar-refractivity contribution in [2.75, 3.05) is 18.5 Å². The number of amides is 2. The van der Waals surface area contributed by atoms with Crippen LogP contribution in [0.25, 0.3) is 0 Å². The summed E-state index contributed by atoms with van der Waals surface area (Å²) in [6, 6.07) is 3.97. The van der Waals surface area contributed by atoms with Gasteiger partial charge in [0.1, 0.15) is 0 Å². The van der Waals surface area contributed by atoms with Crippen molar-refractivity contribution in [3.05, 3.63) is 41.0 Å². The van der Waals surface area contributed by atoms with Crippen molar-refractivity contribution in [1.29, 1.82) is 0 Å². The lowest BCUT2D eigenvalue weighted by Gasteiger charge is -2.16. The van der Waals surface area contributed by atoms with Gasteiger partial charge in [-0.3, -0.25) is 14.4 Å². The lowest BCUT2D eigenvalue weighted by Crippen LogP contribution is -2.36. The van der Waals surface area contributed by atoms with Crippen LogP contribution in [0.3, 0.4) is 0 Å². The number of aryl methyl sites for hydroxylation is 3. The molecule has 1 aromatic carbocycles. The van der Waals surface area contributed by atoms with E-state index in [1.807, 2.05) is 45.1 Å². The lowest BCUT2D eigenvalue weighted by atomic mass is 9.95. The third-order valence-corrected chi connectivity index (χ3v) is 4.34. The topological polar surface area (TPSA) is 84.5 Å². The fourth-order valence-electron chi connectivity index (χ4n) is 3.05. The van der Waals surface area contributed by atoms with E-state index in [4.69, 9.17) is 4.74 Å². The van der Waals surface area contributed by atoms with Gasteiger partial charge in [0.2, 0.25) is 5.91 Å². The van der Waals surface area contributed by atoms with Crippen molar-refractivity contribution in [3.8, 4) is 0 Å². The second kappa shape index (κ2) is 9.17. The summed E-state index contributed by atoms with van der Waals surface area (Å²) in [5.74, 6) is -1.35. The number of rotatable bonds is 6. The maximum absolute atomic E-state index is 12.1. The zero-order valence-electron chi connectivity index (χ0n) is 15.6. The summed E-state index contributed by atoms with van der Waals surface area (Å²) in [4.78, 5) is 35.7. The highest BCUT2D eigenvalue weighted by molar-refractivity contribution is 5.96. The Kier molecular flexibility index (Phi) is 6.95. The largest absolute Gasteiger partial charge is 0.455 e. The average molecular weight is 358 g/mol. The number of carbonyl (C=O) groups excluding carboxylic acids is 3. The molecular weight excluding hydrogens is 332 g/mol. The monoisotopic (exact) mass is 358 g/mol. The van der Waals surface area contributed by atoms with Crippen molar-refractivity contribution < 1.29 is 19.1 Å². The highest BCUT2D eigenvalue weighted by Gasteiger charge is 2.21. The summed E-state index contributed by atoms with van der Waals surface area (Å²) in [7, 11) is 0. The highest BCUT2D eigenvalue weighted by atomic mass is 16.5. The molecule has 0 saturated carbocycles. The normalized spacial score (nSPS) is 16.0. The first-order valence-electron chi connectivity index (χ1n) is 8.83. The van der Waals surface area contributed by atoms with Gasteiger partial charge in [0.15, 0.2) is 6.61 Å². The van der Waals surface area contributed by atoms with Crippen LogP contribution in [-0.4, -0.2) is 30.9 Å². The first-order chi connectivity index (χ1) is 12.4. The Morgan fingerprint density at radius 3 is 2.38 bits per heavy atom. The molecule has 1 atom stereocenters. The van der Waals surface area contributed by atoms with Gasteiger partial charge in [0, 0.05) is 5.69 Å².